The predicted molar refractivity (Wildman–Crippen MR) is 99.6 cm³/mol. The molecule has 0 radical (unpaired) electrons. The Morgan fingerprint density at radius 2 is 1.92 bits per heavy atom. The molecule has 0 saturated carbocycles. The summed E-state index contributed by atoms with van der Waals surface area (Å²) in [6, 6.07) is 7.94. The standard InChI is InChI=1S/C18H19N5OS/c1-19-16(24)13-6-10-23(11-7-13)18-22-15-3-2-14(21-17(15)25-18)12-4-8-20-9-5-12/h2-5,8-9,13H,6-7,10-11H2,1H3,(H,19,24). The maximum atomic E-state index is 11.8. The molecule has 3 aromatic heterocycles. The van der Waals surface area contributed by atoms with Gasteiger partial charge in [-0.05, 0) is 37.1 Å². The lowest BCUT2D eigenvalue weighted by atomic mass is 9.96. The summed E-state index contributed by atoms with van der Waals surface area (Å²) in [5, 5.41) is 3.74. The maximum Gasteiger partial charge on any atom is 0.222 e. The van der Waals surface area contributed by atoms with E-state index in [0.29, 0.717) is 0 Å². The first-order valence-electron chi connectivity index (χ1n) is 8.39. The van der Waals surface area contributed by atoms with E-state index in [4.69, 9.17) is 9.97 Å². The lowest BCUT2D eigenvalue weighted by molar-refractivity contribution is -0.125. The van der Waals surface area contributed by atoms with Crippen LogP contribution in [-0.4, -0.2) is 41.0 Å². The van der Waals surface area contributed by atoms with Gasteiger partial charge in [-0.15, -0.1) is 0 Å². The number of hydrogen-bond acceptors (Lipinski definition) is 6. The third-order valence-electron chi connectivity index (χ3n) is 4.60. The molecule has 1 N–H and O–H groups in total. The molecule has 1 fully saturated rings. The topological polar surface area (TPSA) is 71.0 Å². The zero-order valence-electron chi connectivity index (χ0n) is 14.0. The van der Waals surface area contributed by atoms with Gasteiger partial charge >= 0.3 is 0 Å². The lowest BCUT2D eigenvalue weighted by Crippen LogP contribution is -2.39. The van der Waals surface area contributed by atoms with Gasteiger partial charge < -0.3 is 10.2 Å². The van der Waals surface area contributed by atoms with E-state index in [2.05, 4.69) is 15.2 Å². The zero-order chi connectivity index (χ0) is 17.2. The number of hydrogen-bond donors (Lipinski definition) is 1. The summed E-state index contributed by atoms with van der Waals surface area (Å²) in [4.78, 5) is 28.5. The maximum absolute atomic E-state index is 11.8. The van der Waals surface area contributed by atoms with Gasteiger partial charge in [-0.2, -0.15) is 0 Å². The van der Waals surface area contributed by atoms with Crippen molar-refractivity contribution >= 4 is 32.7 Å². The van der Waals surface area contributed by atoms with E-state index in [1.165, 1.54) is 0 Å². The van der Waals surface area contributed by atoms with E-state index in [1.54, 1.807) is 30.8 Å². The van der Waals surface area contributed by atoms with Crippen molar-refractivity contribution in [3.63, 3.8) is 0 Å². The number of amides is 1. The lowest BCUT2D eigenvalue weighted by Gasteiger charge is -2.30. The van der Waals surface area contributed by atoms with Crippen LogP contribution in [0.4, 0.5) is 5.13 Å². The van der Waals surface area contributed by atoms with Gasteiger partial charge in [0.1, 0.15) is 10.3 Å². The average molecular weight is 353 g/mol. The molecule has 4 rings (SSSR count). The molecule has 1 aliphatic heterocycles. The molecule has 1 amide bonds. The Morgan fingerprint density at radius 3 is 2.64 bits per heavy atom. The van der Waals surface area contributed by atoms with Crippen LogP contribution in [-0.2, 0) is 4.79 Å². The summed E-state index contributed by atoms with van der Waals surface area (Å²) in [6.45, 7) is 1.71. The second kappa shape index (κ2) is 6.76. The number of rotatable bonds is 3. The Morgan fingerprint density at radius 1 is 1.16 bits per heavy atom. The predicted octanol–water partition coefficient (Wildman–Crippen LogP) is 2.72. The van der Waals surface area contributed by atoms with Crippen LogP contribution in [0.3, 0.4) is 0 Å². The SMILES string of the molecule is CNC(=O)C1CCN(c2nc3ccc(-c4ccncc4)nc3s2)CC1. The molecule has 0 bridgehead atoms. The fourth-order valence-corrected chi connectivity index (χ4v) is 4.15. The number of thiazole rings is 1. The first-order chi connectivity index (χ1) is 12.2. The number of pyridine rings is 2. The molecule has 0 aromatic carbocycles. The van der Waals surface area contributed by atoms with E-state index in [-0.39, 0.29) is 11.8 Å². The molecule has 1 aliphatic rings. The molecular weight excluding hydrogens is 334 g/mol. The van der Waals surface area contributed by atoms with E-state index in [1.807, 2.05) is 24.3 Å². The highest BCUT2D eigenvalue weighted by Crippen LogP contribution is 2.32. The largest absolute Gasteiger partial charge is 0.359 e. The fraction of sp³-hybridized carbons (Fsp3) is 0.333. The van der Waals surface area contributed by atoms with Gasteiger partial charge in [0.2, 0.25) is 5.91 Å². The normalized spacial score (nSPS) is 15.5. The molecule has 1 saturated heterocycles. The number of piperidine rings is 1. The van der Waals surface area contributed by atoms with E-state index < -0.39 is 0 Å². The van der Waals surface area contributed by atoms with E-state index in [9.17, 15) is 4.79 Å². The first kappa shape index (κ1) is 16.0. The van der Waals surface area contributed by atoms with Gasteiger partial charge in [-0.25, -0.2) is 9.97 Å². The van der Waals surface area contributed by atoms with Gasteiger partial charge in [0.05, 0.1) is 5.69 Å². The van der Waals surface area contributed by atoms with Crippen LogP contribution >= 0.6 is 11.3 Å². The number of nitrogens with zero attached hydrogens (tertiary/aromatic N) is 4. The first-order valence-corrected chi connectivity index (χ1v) is 9.21. The van der Waals surface area contributed by atoms with Crippen LogP contribution in [0.5, 0.6) is 0 Å². The quantitative estimate of drug-likeness (QED) is 0.784. The van der Waals surface area contributed by atoms with Gasteiger partial charge in [0, 0.05) is 44.0 Å². The highest BCUT2D eigenvalue weighted by Gasteiger charge is 2.25. The van der Waals surface area contributed by atoms with Crippen molar-refractivity contribution in [2.75, 3.05) is 25.0 Å². The number of anilines is 1. The van der Waals surface area contributed by atoms with Crippen LogP contribution in [0, 0.1) is 5.92 Å². The average Bonchev–Trinajstić information content (AvgIpc) is 3.11. The summed E-state index contributed by atoms with van der Waals surface area (Å²) in [7, 11) is 1.70. The molecule has 0 unspecified atom stereocenters. The van der Waals surface area contributed by atoms with Crippen molar-refractivity contribution in [3.8, 4) is 11.3 Å². The van der Waals surface area contributed by atoms with Crippen molar-refractivity contribution in [2.45, 2.75) is 12.8 Å². The smallest absolute Gasteiger partial charge is 0.222 e. The van der Waals surface area contributed by atoms with Gasteiger partial charge in [0.25, 0.3) is 0 Å². The number of carbonyl (C=O) groups excluding carboxylic acids is 1. The third kappa shape index (κ3) is 3.19. The van der Waals surface area contributed by atoms with Crippen LogP contribution in [0.1, 0.15) is 12.8 Å². The molecule has 25 heavy (non-hydrogen) atoms. The van der Waals surface area contributed by atoms with Crippen LogP contribution in [0.25, 0.3) is 21.6 Å². The van der Waals surface area contributed by atoms with Crippen molar-refractivity contribution in [1.29, 1.82) is 0 Å². The van der Waals surface area contributed by atoms with E-state index >= 15 is 0 Å². The second-order valence-electron chi connectivity index (χ2n) is 6.13. The molecule has 4 heterocycles. The summed E-state index contributed by atoms with van der Waals surface area (Å²) >= 11 is 1.62. The Labute approximate surface area is 149 Å². The Hall–Kier alpha value is -2.54. The summed E-state index contributed by atoms with van der Waals surface area (Å²) in [5.74, 6) is 0.264. The number of carbonyl (C=O) groups is 1. The molecule has 7 heteroatoms. The fourth-order valence-electron chi connectivity index (χ4n) is 3.16. The molecule has 0 spiro atoms. The minimum atomic E-state index is 0.118. The van der Waals surface area contributed by atoms with Crippen LogP contribution < -0.4 is 10.2 Å². The molecule has 128 valence electrons. The number of nitrogens with one attached hydrogen (secondary N) is 1. The van der Waals surface area contributed by atoms with Gasteiger partial charge in [-0.1, -0.05) is 11.3 Å². The number of aromatic nitrogens is 3. The van der Waals surface area contributed by atoms with Gasteiger partial charge in [0.15, 0.2) is 5.13 Å². The Kier molecular flexibility index (Phi) is 4.31. The minimum Gasteiger partial charge on any atom is -0.359 e. The minimum absolute atomic E-state index is 0.118. The highest BCUT2D eigenvalue weighted by molar-refractivity contribution is 7.21. The third-order valence-corrected chi connectivity index (χ3v) is 5.63. The van der Waals surface area contributed by atoms with E-state index in [0.717, 1.165) is 52.7 Å². The monoisotopic (exact) mass is 353 g/mol. The Bertz CT molecular complexity index is 887. The van der Waals surface area contributed by atoms with Crippen molar-refractivity contribution in [3.05, 3.63) is 36.7 Å². The van der Waals surface area contributed by atoms with Crippen molar-refractivity contribution in [2.24, 2.45) is 5.92 Å². The van der Waals surface area contributed by atoms with Crippen LogP contribution in [0.15, 0.2) is 36.7 Å². The zero-order valence-corrected chi connectivity index (χ0v) is 14.8. The highest BCUT2D eigenvalue weighted by atomic mass is 32.1. The molecular formula is C18H19N5OS. The van der Waals surface area contributed by atoms with Crippen LogP contribution in [0.2, 0.25) is 0 Å². The molecule has 3 aromatic rings. The van der Waals surface area contributed by atoms with Crippen molar-refractivity contribution < 1.29 is 4.79 Å². The molecule has 0 aliphatic carbocycles. The summed E-state index contributed by atoms with van der Waals surface area (Å²) in [6.07, 6.45) is 5.28. The Balaban J connectivity index is 1.55. The summed E-state index contributed by atoms with van der Waals surface area (Å²) < 4.78 is 0. The number of fused-ring (bicyclic) bond motifs is 1. The summed E-state index contributed by atoms with van der Waals surface area (Å²) in [5.41, 5.74) is 2.91. The van der Waals surface area contributed by atoms with Gasteiger partial charge in [-0.3, -0.25) is 9.78 Å². The molecule has 6 nitrogen and oxygen atoms in total. The van der Waals surface area contributed by atoms with Crippen molar-refractivity contribution in [1.82, 2.24) is 20.3 Å². The second-order valence-corrected chi connectivity index (χ2v) is 7.08. The molecule has 0 atom stereocenters.